The highest BCUT2D eigenvalue weighted by atomic mass is 32.2. The fourth-order valence-corrected chi connectivity index (χ4v) is 2.93. The third kappa shape index (κ3) is 3.83. The van der Waals surface area contributed by atoms with Crippen LogP contribution in [0.25, 0.3) is 0 Å². The molecule has 0 radical (unpaired) electrons. The van der Waals surface area contributed by atoms with Crippen molar-refractivity contribution in [1.82, 2.24) is 14.3 Å². The molecule has 1 aromatic carbocycles. The molecule has 0 aliphatic carbocycles. The third-order valence-corrected chi connectivity index (χ3v) is 4.80. The number of hydrogen-bond acceptors (Lipinski definition) is 4. The SMILES string of the molecule is Cc1cccc(OCCN(C)S(=O)(=O)c2cnc(C)[nH]2)c1. The fraction of sp³-hybridized carbons (Fsp3) is 0.357. The lowest BCUT2D eigenvalue weighted by Gasteiger charge is -2.16. The second kappa shape index (κ2) is 6.28. The molecule has 0 fully saturated rings. The molecule has 0 unspecified atom stereocenters. The number of aromatic amines is 1. The first kappa shape index (κ1) is 15.5. The molecule has 1 N–H and O–H groups in total. The molecule has 0 bridgehead atoms. The molecular weight excluding hydrogens is 290 g/mol. The van der Waals surface area contributed by atoms with Crippen LogP contribution in [0.4, 0.5) is 0 Å². The van der Waals surface area contributed by atoms with Crippen LogP contribution in [0.5, 0.6) is 5.75 Å². The third-order valence-electron chi connectivity index (χ3n) is 3.03. The average Bonchev–Trinajstić information content (AvgIpc) is 2.86. The Morgan fingerprint density at radius 3 is 2.71 bits per heavy atom. The molecule has 7 heteroatoms. The van der Waals surface area contributed by atoms with Crippen LogP contribution in [0.2, 0.25) is 0 Å². The number of H-pyrrole nitrogens is 1. The Bertz CT molecular complexity index is 710. The molecule has 1 aromatic heterocycles. The second-order valence-corrected chi connectivity index (χ2v) is 6.84. The molecule has 114 valence electrons. The molecule has 0 saturated carbocycles. The molecule has 0 aliphatic rings. The summed E-state index contributed by atoms with van der Waals surface area (Å²) in [6, 6.07) is 7.63. The summed E-state index contributed by atoms with van der Waals surface area (Å²) in [6.07, 6.45) is 1.32. The van der Waals surface area contributed by atoms with E-state index < -0.39 is 10.0 Å². The van der Waals surface area contributed by atoms with Gasteiger partial charge in [-0.15, -0.1) is 0 Å². The Hall–Kier alpha value is -1.86. The van der Waals surface area contributed by atoms with E-state index in [0.29, 0.717) is 5.82 Å². The first-order valence-electron chi connectivity index (χ1n) is 6.57. The van der Waals surface area contributed by atoms with Crippen LogP contribution >= 0.6 is 0 Å². The Kier molecular flexibility index (Phi) is 4.64. The number of aromatic nitrogens is 2. The number of sulfonamides is 1. The predicted molar refractivity (Wildman–Crippen MR) is 79.8 cm³/mol. The van der Waals surface area contributed by atoms with E-state index in [9.17, 15) is 8.42 Å². The lowest BCUT2D eigenvalue weighted by Crippen LogP contribution is -2.31. The zero-order chi connectivity index (χ0) is 15.5. The summed E-state index contributed by atoms with van der Waals surface area (Å²) < 4.78 is 31.3. The van der Waals surface area contributed by atoms with Gasteiger partial charge in [-0.1, -0.05) is 12.1 Å². The second-order valence-electron chi connectivity index (χ2n) is 4.82. The van der Waals surface area contributed by atoms with Crippen molar-refractivity contribution in [3.8, 4) is 5.75 Å². The minimum absolute atomic E-state index is 0.0954. The average molecular weight is 309 g/mol. The molecule has 6 nitrogen and oxygen atoms in total. The van der Waals surface area contributed by atoms with E-state index in [4.69, 9.17) is 4.74 Å². The molecule has 0 aliphatic heterocycles. The van der Waals surface area contributed by atoms with Crippen molar-refractivity contribution >= 4 is 10.0 Å². The van der Waals surface area contributed by atoms with Gasteiger partial charge in [0.15, 0.2) is 5.03 Å². The Morgan fingerprint density at radius 1 is 1.33 bits per heavy atom. The van der Waals surface area contributed by atoms with Gasteiger partial charge in [0.25, 0.3) is 10.0 Å². The number of nitrogens with zero attached hydrogens (tertiary/aromatic N) is 2. The maximum atomic E-state index is 12.2. The highest BCUT2D eigenvalue weighted by molar-refractivity contribution is 7.89. The van der Waals surface area contributed by atoms with E-state index in [1.807, 2.05) is 31.2 Å². The molecular formula is C14H19N3O3S. The standard InChI is InChI=1S/C14H19N3O3S/c1-11-5-4-6-13(9-11)20-8-7-17(3)21(18,19)14-10-15-12(2)16-14/h4-6,9-10H,7-8H2,1-3H3,(H,15,16). The first-order chi connectivity index (χ1) is 9.89. The summed E-state index contributed by atoms with van der Waals surface area (Å²) >= 11 is 0. The number of ether oxygens (including phenoxy) is 1. The van der Waals surface area contributed by atoms with Crippen molar-refractivity contribution in [2.45, 2.75) is 18.9 Å². The number of benzene rings is 1. The zero-order valence-electron chi connectivity index (χ0n) is 12.3. The van der Waals surface area contributed by atoms with Crippen molar-refractivity contribution in [2.75, 3.05) is 20.2 Å². The van der Waals surface area contributed by atoms with Crippen LogP contribution < -0.4 is 4.74 Å². The monoisotopic (exact) mass is 309 g/mol. The van der Waals surface area contributed by atoms with E-state index in [1.165, 1.54) is 17.5 Å². The number of likely N-dealkylation sites (N-methyl/N-ethyl adjacent to an activating group) is 1. The topological polar surface area (TPSA) is 75.3 Å². The molecule has 0 atom stereocenters. The lowest BCUT2D eigenvalue weighted by atomic mass is 10.2. The summed E-state index contributed by atoms with van der Waals surface area (Å²) in [5.74, 6) is 1.30. The van der Waals surface area contributed by atoms with Gasteiger partial charge in [-0.3, -0.25) is 0 Å². The minimum atomic E-state index is -3.55. The molecule has 21 heavy (non-hydrogen) atoms. The Balaban J connectivity index is 1.94. The highest BCUT2D eigenvalue weighted by Crippen LogP contribution is 2.14. The van der Waals surface area contributed by atoms with Crippen molar-refractivity contribution in [3.05, 3.63) is 41.9 Å². The van der Waals surface area contributed by atoms with Gasteiger partial charge in [0.05, 0.1) is 6.20 Å². The highest BCUT2D eigenvalue weighted by Gasteiger charge is 2.22. The van der Waals surface area contributed by atoms with E-state index >= 15 is 0 Å². The molecule has 0 amide bonds. The van der Waals surface area contributed by atoms with E-state index in [-0.39, 0.29) is 18.2 Å². The van der Waals surface area contributed by atoms with Crippen molar-refractivity contribution < 1.29 is 13.2 Å². The minimum Gasteiger partial charge on any atom is -0.492 e. The molecule has 0 saturated heterocycles. The first-order valence-corrected chi connectivity index (χ1v) is 8.01. The van der Waals surface area contributed by atoms with Gasteiger partial charge in [0.1, 0.15) is 18.2 Å². The van der Waals surface area contributed by atoms with Gasteiger partial charge >= 0.3 is 0 Å². The van der Waals surface area contributed by atoms with E-state index in [2.05, 4.69) is 9.97 Å². The van der Waals surface area contributed by atoms with Gasteiger partial charge in [-0.25, -0.2) is 13.4 Å². The van der Waals surface area contributed by atoms with Gasteiger partial charge in [-0.05, 0) is 31.5 Å². The number of aryl methyl sites for hydroxylation is 2. The van der Waals surface area contributed by atoms with Crippen molar-refractivity contribution in [2.24, 2.45) is 0 Å². The van der Waals surface area contributed by atoms with Crippen LogP contribution in [-0.4, -0.2) is 42.9 Å². The van der Waals surface area contributed by atoms with Crippen LogP contribution in [0, 0.1) is 13.8 Å². The Morgan fingerprint density at radius 2 is 2.10 bits per heavy atom. The normalized spacial score (nSPS) is 11.8. The summed E-state index contributed by atoms with van der Waals surface area (Å²) in [5, 5.41) is 0.0954. The lowest BCUT2D eigenvalue weighted by molar-refractivity contribution is 0.286. The molecule has 2 rings (SSSR count). The van der Waals surface area contributed by atoms with E-state index in [1.54, 1.807) is 6.92 Å². The number of rotatable bonds is 6. The van der Waals surface area contributed by atoms with Crippen molar-refractivity contribution in [1.29, 1.82) is 0 Å². The quantitative estimate of drug-likeness (QED) is 0.881. The van der Waals surface area contributed by atoms with Gasteiger partial charge < -0.3 is 9.72 Å². The van der Waals surface area contributed by atoms with E-state index in [0.717, 1.165) is 11.3 Å². The van der Waals surface area contributed by atoms with Crippen LogP contribution in [0.15, 0.2) is 35.5 Å². The van der Waals surface area contributed by atoms with Gasteiger partial charge in [0.2, 0.25) is 0 Å². The maximum absolute atomic E-state index is 12.2. The largest absolute Gasteiger partial charge is 0.492 e. The van der Waals surface area contributed by atoms with Gasteiger partial charge in [0, 0.05) is 13.6 Å². The Labute approximate surface area is 124 Å². The van der Waals surface area contributed by atoms with Gasteiger partial charge in [-0.2, -0.15) is 4.31 Å². The fourth-order valence-electron chi connectivity index (χ4n) is 1.81. The number of hydrogen-bond donors (Lipinski definition) is 1. The molecule has 1 heterocycles. The van der Waals surface area contributed by atoms with Crippen LogP contribution in [-0.2, 0) is 10.0 Å². The summed E-state index contributed by atoms with van der Waals surface area (Å²) in [4.78, 5) is 6.64. The van der Waals surface area contributed by atoms with Crippen molar-refractivity contribution in [3.63, 3.8) is 0 Å². The smallest absolute Gasteiger partial charge is 0.259 e. The zero-order valence-corrected chi connectivity index (χ0v) is 13.1. The maximum Gasteiger partial charge on any atom is 0.259 e. The molecule has 2 aromatic rings. The summed E-state index contributed by atoms with van der Waals surface area (Å²) in [6.45, 7) is 4.23. The number of imidazole rings is 1. The van der Waals surface area contributed by atoms with Crippen LogP contribution in [0.1, 0.15) is 11.4 Å². The molecule has 0 spiro atoms. The number of nitrogens with one attached hydrogen (secondary N) is 1. The summed E-state index contributed by atoms with van der Waals surface area (Å²) in [7, 11) is -2.03. The summed E-state index contributed by atoms with van der Waals surface area (Å²) in [5.41, 5.74) is 1.10. The van der Waals surface area contributed by atoms with Crippen LogP contribution in [0.3, 0.4) is 0 Å². The predicted octanol–water partition coefficient (Wildman–Crippen LogP) is 1.73.